The lowest BCUT2D eigenvalue weighted by molar-refractivity contribution is 0.621. The van der Waals surface area contributed by atoms with Crippen LogP contribution in [0.25, 0.3) is 33.4 Å². The number of benzene rings is 3. The molecule has 0 aliphatic rings. The Morgan fingerprint density at radius 2 is 1.36 bits per heavy atom. The lowest BCUT2D eigenvalue weighted by atomic mass is 9.98. The van der Waals surface area contributed by atoms with Gasteiger partial charge in [-0.2, -0.15) is 0 Å². The Hall–Kier alpha value is -2.55. The fourth-order valence-electron chi connectivity index (χ4n) is 2.90. The van der Waals surface area contributed by atoms with Gasteiger partial charge in [0.05, 0.1) is 10.9 Å². The Morgan fingerprint density at radius 3 is 2.08 bits per heavy atom. The highest BCUT2D eigenvalue weighted by molar-refractivity contribution is 6.35. The van der Waals surface area contributed by atoms with E-state index in [0.717, 1.165) is 5.56 Å². The van der Waals surface area contributed by atoms with Crippen LogP contribution < -0.4 is 5.43 Å². The van der Waals surface area contributed by atoms with E-state index < -0.39 is 0 Å². The minimum absolute atomic E-state index is 0.112. The zero-order valence-electron chi connectivity index (χ0n) is 13.0. The van der Waals surface area contributed by atoms with Crippen molar-refractivity contribution in [3.63, 3.8) is 0 Å². The van der Waals surface area contributed by atoms with Gasteiger partial charge in [0, 0.05) is 15.6 Å². The van der Waals surface area contributed by atoms with Gasteiger partial charge in [0.25, 0.3) is 0 Å². The van der Waals surface area contributed by atoms with E-state index in [-0.39, 0.29) is 5.43 Å². The number of hydrogen-bond acceptors (Lipinski definition) is 2. The van der Waals surface area contributed by atoms with Crippen molar-refractivity contribution in [3.8, 4) is 22.5 Å². The molecule has 1 heterocycles. The Bertz CT molecular complexity index is 1110. The molecule has 0 aliphatic carbocycles. The number of para-hydroxylation sites is 1. The molecule has 122 valence electrons. The standard InChI is InChI=1S/C21H12Cl2O2/c22-15-10-14(11-16(23)12-15)19-20(24)17-8-4-5-9-18(17)25-21(19)13-6-2-1-3-7-13/h1-12H. The first kappa shape index (κ1) is 15.9. The van der Waals surface area contributed by atoms with Gasteiger partial charge in [-0.25, -0.2) is 0 Å². The molecule has 0 saturated carbocycles. The van der Waals surface area contributed by atoms with Gasteiger partial charge in [-0.1, -0.05) is 65.7 Å². The average molecular weight is 367 g/mol. The summed E-state index contributed by atoms with van der Waals surface area (Å²) in [5.41, 5.74) is 2.34. The van der Waals surface area contributed by atoms with Crippen molar-refractivity contribution in [2.24, 2.45) is 0 Å². The van der Waals surface area contributed by atoms with E-state index in [9.17, 15) is 4.79 Å². The highest BCUT2D eigenvalue weighted by Crippen LogP contribution is 2.34. The quantitative estimate of drug-likeness (QED) is 0.408. The van der Waals surface area contributed by atoms with Crippen LogP contribution in [0.2, 0.25) is 10.0 Å². The zero-order chi connectivity index (χ0) is 17.4. The van der Waals surface area contributed by atoms with Crippen LogP contribution >= 0.6 is 23.2 Å². The van der Waals surface area contributed by atoms with Crippen LogP contribution in [0, 0.1) is 0 Å². The van der Waals surface area contributed by atoms with E-state index in [1.54, 1.807) is 30.3 Å². The second-order valence-corrected chi connectivity index (χ2v) is 6.53. The summed E-state index contributed by atoms with van der Waals surface area (Å²) in [6.07, 6.45) is 0. The van der Waals surface area contributed by atoms with Crippen LogP contribution in [-0.2, 0) is 0 Å². The molecule has 0 spiro atoms. The largest absolute Gasteiger partial charge is 0.455 e. The molecule has 0 amide bonds. The van der Waals surface area contributed by atoms with Gasteiger partial charge in [-0.15, -0.1) is 0 Å². The summed E-state index contributed by atoms with van der Waals surface area (Å²) in [6, 6.07) is 21.8. The van der Waals surface area contributed by atoms with Crippen LogP contribution in [0.4, 0.5) is 0 Å². The third-order valence-electron chi connectivity index (χ3n) is 3.99. The van der Waals surface area contributed by atoms with Crippen molar-refractivity contribution in [2.45, 2.75) is 0 Å². The smallest absolute Gasteiger partial charge is 0.201 e. The van der Waals surface area contributed by atoms with Crippen molar-refractivity contribution in [2.75, 3.05) is 0 Å². The van der Waals surface area contributed by atoms with Crippen LogP contribution in [0.1, 0.15) is 0 Å². The molecule has 0 fully saturated rings. The highest BCUT2D eigenvalue weighted by Gasteiger charge is 2.18. The third kappa shape index (κ3) is 2.95. The van der Waals surface area contributed by atoms with Crippen molar-refractivity contribution >= 4 is 34.2 Å². The van der Waals surface area contributed by atoms with E-state index in [0.29, 0.717) is 37.9 Å². The van der Waals surface area contributed by atoms with Gasteiger partial charge in [0.2, 0.25) is 5.43 Å². The molecule has 0 bridgehead atoms. The summed E-state index contributed by atoms with van der Waals surface area (Å²) in [6.45, 7) is 0. The van der Waals surface area contributed by atoms with Crippen LogP contribution in [-0.4, -0.2) is 0 Å². The third-order valence-corrected chi connectivity index (χ3v) is 4.42. The molecule has 0 unspecified atom stereocenters. The van der Waals surface area contributed by atoms with Crippen molar-refractivity contribution in [1.29, 1.82) is 0 Å². The first-order valence-electron chi connectivity index (χ1n) is 7.71. The molecule has 0 atom stereocenters. The Morgan fingerprint density at radius 1 is 0.720 bits per heavy atom. The molecule has 1 aromatic heterocycles. The maximum atomic E-state index is 13.2. The Balaban J connectivity index is 2.14. The first-order valence-corrected chi connectivity index (χ1v) is 8.47. The van der Waals surface area contributed by atoms with E-state index >= 15 is 0 Å². The molecular formula is C21H12Cl2O2. The second kappa shape index (κ2) is 6.40. The second-order valence-electron chi connectivity index (χ2n) is 5.66. The summed E-state index contributed by atoms with van der Waals surface area (Å²) in [5, 5.41) is 1.46. The maximum Gasteiger partial charge on any atom is 0.201 e. The Kier molecular flexibility index (Phi) is 4.08. The predicted molar refractivity (Wildman–Crippen MR) is 103 cm³/mol. The van der Waals surface area contributed by atoms with E-state index in [2.05, 4.69) is 0 Å². The SMILES string of the molecule is O=c1c(-c2cc(Cl)cc(Cl)c2)c(-c2ccccc2)oc2ccccc12. The fourth-order valence-corrected chi connectivity index (χ4v) is 3.42. The van der Waals surface area contributed by atoms with E-state index in [1.165, 1.54) is 0 Å². The predicted octanol–water partition coefficient (Wildman–Crippen LogP) is 6.43. The van der Waals surface area contributed by atoms with Gasteiger partial charge < -0.3 is 4.42 Å². The molecule has 3 aromatic carbocycles. The number of fused-ring (bicyclic) bond motifs is 1. The van der Waals surface area contributed by atoms with Gasteiger partial charge in [0.1, 0.15) is 11.3 Å². The molecule has 0 aliphatic heterocycles. The minimum Gasteiger partial charge on any atom is -0.455 e. The zero-order valence-corrected chi connectivity index (χ0v) is 14.5. The molecule has 0 saturated heterocycles. The average Bonchev–Trinajstić information content (AvgIpc) is 2.61. The van der Waals surface area contributed by atoms with Gasteiger partial charge in [-0.05, 0) is 35.9 Å². The molecule has 2 nitrogen and oxygen atoms in total. The van der Waals surface area contributed by atoms with Crippen molar-refractivity contribution < 1.29 is 4.42 Å². The highest BCUT2D eigenvalue weighted by atomic mass is 35.5. The number of halogens is 2. The minimum atomic E-state index is -0.112. The van der Waals surface area contributed by atoms with Crippen molar-refractivity contribution in [1.82, 2.24) is 0 Å². The molecule has 4 aromatic rings. The van der Waals surface area contributed by atoms with Gasteiger partial charge in [-0.3, -0.25) is 4.79 Å². The topological polar surface area (TPSA) is 30.2 Å². The maximum absolute atomic E-state index is 13.2. The summed E-state index contributed by atoms with van der Waals surface area (Å²) in [4.78, 5) is 13.2. The van der Waals surface area contributed by atoms with Crippen LogP contribution in [0.15, 0.2) is 82.0 Å². The fraction of sp³-hybridized carbons (Fsp3) is 0. The number of rotatable bonds is 2. The summed E-state index contributed by atoms with van der Waals surface area (Å²) in [7, 11) is 0. The lowest BCUT2D eigenvalue weighted by Crippen LogP contribution is -2.07. The monoisotopic (exact) mass is 366 g/mol. The Labute approximate surface area is 154 Å². The molecule has 0 N–H and O–H groups in total. The van der Waals surface area contributed by atoms with Crippen LogP contribution in [0.3, 0.4) is 0 Å². The lowest BCUT2D eigenvalue weighted by Gasteiger charge is -2.11. The van der Waals surface area contributed by atoms with Gasteiger partial charge in [0.15, 0.2) is 0 Å². The van der Waals surface area contributed by atoms with E-state index in [4.69, 9.17) is 27.6 Å². The molecule has 0 radical (unpaired) electrons. The normalized spacial score (nSPS) is 11.0. The van der Waals surface area contributed by atoms with Crippen LogP contribution in [0.5, 0.6) is 0 Å². The molecule has 25 heavy (non-hydrogen) atoms. The summed E-state index contributed by atoms with van der Waals surface area (Å²) >= 11 is 12.3. The summed E-state index contributed by atoms with van der Waals surface area (Å²) < 4.78 is 6.11. The molecule has 4 heteroatoms. The van der Waals surface area contributed by atoms with Gasteiger partial charge >= 0.3 is 0 Å². The summed E-state index contributed by atoms with van der Waals surface area (Å²) in [5.74, 6) is 0.502. The van der Waals surface area contributed by atoms with E-state index in [1.807, 2.05) is 42.5 Å². The number of hydrogen-bond donors (Lipinski definition) is 0. The molecular weight excluding hydrogens is 355 g/mol. The first-order chi connectivity index (χ1) is 12.1. The molecule has 4 rings (SSSR count). The van der Waals surface area contributed by atoms with Crippen molar-refractivity contribution in [3.05, 3.63) is 93.1 Å².